The van der Waals surface area contributed by atoms with Gasteiger partial charge in [0.2, 0.25) is 0 Å². The van der Waals surface area contributed by atoms with Crippen molar-refractivity contribution in [3.63, 3.8) is 0 Å². The smallest absolute Gasteiger partial charge is 0.450 e. The molecule has 0 aromatic rings. The van der Waals surface area contributed by atoms with E-state index >= 15 is 0 Å². The molecule has 4 heteroatoms. The van der Waals surface area contributed by atoms with Crippen LogP contribution in [0.2, 0.25) is 0 Å². The Morgan fingerprint density at radius 2 is 1.80 bits per heavy atom. The molecule has 0 aromatic carbocycles. The van der Waals surface area contributed by atoms with Gasteiger partial charge in [0.25, 0.3) is 0 Å². The van der Waals surface area contributed by atoms with Crippen LogP contribution in [0.15, 0.2) is 24.3 Å². The first-order chi connectivity index (χ1) is 6.71. The number of carboxylic acid groups (broad SMARTS) is 2. The van der Waals surface area contributed by atoms with Crippen molar-refractivity contribution in [1.29, 1.82) is 0 Å². The van der Waals surface area contributed by atoms with Gasteiger partial charge in [0.05, 0.1) is 5.60 Å². The lowest BCUT2D eigenvalue weighted by atomic mass is 10.00. The summed E-state index contributed by atoms with van der Waals surface area (Å²) in [6.07, 6.45) is 3.55. The predicted octanol–water partition coefficient (Wildman–Crippen LogP) is 2.89. The van der Waals surface area contributed by atoms with Crippen LogP contribution in [0.4, 0.5) is 4.79 Å². The Kier molecular flexibility index (Phi) is 8.67. The zero-order chi connectivity index (χ0) is 12.5. The third-order valence-electron chi connectivity index (χ3n) is 1.64. The van der Waals surface area contributed by atoms with Crippen LogP contribution in [0.5, 0.6) is 0 Å². The van der Waals surface area contributed by atoms with Gasteiger partial charge in [-0.15, -0.1) is 6.58 Å². The van der Waals surface area contributed by atoms with Crippen LogP contribution in [0.3, 0.4) is 0 Å². The molecule has 1 unspecified atom stereocenters. The van der Waals surface area contributed by atoms with E-state index in [-0.39, 0.29) is 0 Å². The molecule has 4 nitrogen and oxygen atoms in total. The molecule has 0 rings (SSSR count). The molecule has 0 aliphatic rings. The third-order valence-corrected chi connectivity index (χ3v) is 1.64. The molecule has 0 spiro atoms. The van der Waals surface area contributed by atoms with Gasteiger partial charge in [-0.05, 0) is 33.6 Å². The third kappa shape index (κ3) is 19.2. The van der Waals surface area contributed by atoms with Crippen molar-refractivity contribution < 1.29 is 20.1 Å². The Morgan fingerprint density at radius 3 is 2.07 bits per heavy atom. The van der Waals surface area contributed by atoms with E-state index < -0.39 is 11.8 Å². The van der Waals surface area contributed by atoms with Crippen molar-refractivity contribution in [2.24, 2.45) is 0 Å². The van der Waals surface area contributed by atoms with Crippen molar-refractivity contribution in [2.75, 3.05) is 0 Å². The second-order valence-electron chi connectivity index (χ2n) is 3.66. The largest absolute Gasteiger partial charge is 0.503 e. The number of hydrogen-bond acceptors (Lipinski definition) is 2. The second kappa shape index (κ2) is 8.05. The van der Waals surface area contributed by atoms with E-state index in [1.54, 1.807) is 13.0 Å². The van der Waals surface area contributed by atoms with Crippen LogP contribution in [-0.4, -0.2) is 27.1 Å². The average Bonchev–Trinajstić information content (AvgIpc) is 2.02. The first-order valence-electron chi connectivity index (χ1n) is 4.62. The van der Waals surface area contributed by atoms with E-state index in [4.69, 9.17) is 15.0 Å². The maximum Gasteiger partial charge on any atom is 0.503 e. The molecule has 0 saturated heterocycles. The Hall–Kier alpha value is -1.29. The van der Waals surface area contributed by atoms with Gasteiger partial charge in [-0.2, -0.15) is 0 Å². The predicted molar refractivity (Wildman–Crippen MR) is 60.1 cm³/mol. The Balaban J connectivity index is 0. The number of carbonyl (C=O) groups is 1. The number of rotatable bonds is 4. The van der Waals surface area contributed by atoms with Crippen molar-refractivity contribution >= 4 is 6.16 Å². The molecule has 3 N–H and O–H groups in total. The van der Waals surface area contributed by atoms with Crippen molar-refractivity contribution in [1.82, 2.24) is 0 Å². The highest BCUT2D eigenvalue weighted by molar-refractivity contribution is 5.53. The minimum absolute atomic E-state index is 0.702. The molecule has 15 heavy (non-hydrogen) atoms. The summed E-state index contributed by atoms with van der Waals surface area (Å²) < 4.78 is 0. The van der Waals surface area contributed by atoms with Gasteiger partial charge in [0.1, 0.15) is 0 Å². The standard InChI is InChI=1S/C10H18O.CH2O3/c1-5-10(4,11)8-6-7-9(2)3;2-1(3)4/h5,7,11H,1,6,8H2,2-4H3;(H2,2,3,4). The molecular formula is C11H20O4. The van der Waals surface area contributed by atoms with E-state index in [0.717, 1.165) is 12.8 Å². The highest BCUT2D eigenvalue weighted by Crippen LogP contribution is 2.13. The fourth-order valence-electron chi connectivity index (χ4n) is 0.755. The minimum atomic E-state index is -1.83. The maximum absolute atomic E-state index is 9.49. The Labute approximate surface area is 90.6 Å². The summed E-state index contributed by atoms with van der Waals surface area (Å²) >= 11 is 0. The normalized spacial score (nSPS) is 12.8. The second-order valence-corrected chi connectivity index (χ2v) is 3.66. The topological polar surface area (TPSA) is 77.8 Å². The lowest BCUT2D eigenvalue weighted by Gasteiger charge is -2.16. The molecule has 0 fully saturated rings. The van der Waals surface area contributed by atoms with Gasteiger partial charge in [0, 0.05) is 0 Å². The van der Waals surface area contributed by atoms with Crippen molar-refractivity contribution in [3.8, 4) is 0 Å². The highest BCUT2D eigenvalue weighted by Gasteiger charge is 2.12. The summed E-state index contributed by atoms with van der Waals surface area (Å²) in [4.78, 5) is 8.56. The van der Waals surface area contributed by atoms with Gasteiger partial charge < -0.3 is 15.3 Å². The first kappa shape index (κ1) is 16.2. The molecule has 0 amide bonds. The highest BCUT2D eigenvalue weighted by atomic mass is 16.6. The van der Waals surface area contributed by atoms with Gasteiger partial charge >= 0.3 is 6.16 Å². The number of hydrogen-bond donors (Lipinski definition) is 3. The number of allylic oxidation sites excluding steroid dienone is 2. The maximum atomic E-state index is 9.49. The van der Waals surface area contributed by atoms with E-state index in [0.29, 0.717) is 0 Å². The summed E-state index contributed by atoms with van der Waals surface area (Å²) in [5, 5.41) is 23.4. The van der Waals surface area contributed by atoms with Crippen molar-refractivity contribution in [3.05, 3.63) is 24.3 Å². The van der Waals surface area contributed by atoms with Crippen LogP contribution < -0.4 is 0 Å². The van der Waals surface area contributed by atoms with Gasteiger partial charge in [-0.25, -0.2) is 4.79 Å². The molecule has 0 bridgehead atoms. The van der Waals surface area contributed by atoms with Crippen LogP contribution in [0, 0.1) is 0 Å². The van der Waals surface area contributed by atoms with Gasteiger partial charge in [-0.3, -0.25) is 0 Å². The average molecular weight is 216 g/mol. The molecule has 0 heterocycles. The molecule has 0 aliphatic carbocycles. The Morgan fingerprint density at radius 1 is 1.40 bits per heavy atom. The van der Waals surface area contributed by atoms with Crippen molar-refractivity contribution in [2.45, 2.75) is 39.2 Å². The molecule has 0 radical (unpaired) electrons. The molecule has 1 atom stereocenters. The van der Waals surface area contributed by atoms with Crippen LogP contribution in [0.1, 0.15) is 33.6 Å². The lowest BCUT2D eigenvalue weighted by Crippen LogP contribution is -2.19. The van der Waals surface area contributed by atoms with Crippen LogP contribution in [-0.2, 0) is 0 Å². The Bertz CT molecular complexity index is 221. The van der Waals surface area contributed by atoms with Gasteiger partial charge in [0.15, 0.2) is 0 Å². The summed E-state index contributed by atoms with van der Waals surface area (Å²) in [6, 6.07) is 0. The van der Waals surface area contributed by atoms with E-state index in [1.807, 2.05) is 0 Å². The van der Waals surface area contributed by atoms with Crippen LogP contribution in [0.25, 0.3) is 0 Å². The summed E-state index contributed by atoms with van der Waals surface area (Å²) in [6.45, 7) is 9.45. The molecule has 0 aliphatic heterocycles. The lowest BCUT2D eigenvalue weighted by molar-refractivity contribution is 0.103. The fourth-order valence-corrected chi connectivity index (χ4v) is 0.755. The summed E-state index contributed by atoms with van der Waals surface area (Å²) in [5.41, 5.74) is 0.594. The zero-order valence-electron chi connectivity index (χ0n) is 9.53. The molecule has 0 saturated carbocycles. The molecule has 88 valence electrons. The number of aliphatic hydroxyl groups is 1. The SMILES string of the molecule is C=CC(C)(O)CCC=C(C)C.O=C(O)O. The zero-order valence-corrected chi connectivity index (χ0v) is 9.53. The quantitative estimate of drug-likeness (QED) is 0.631. The van der Waals surface area contributed by atoms with E-state index in [2.05, 4.69) is 26.5 Å². The summed E-state index contributed by atoms with van der Waals surface area (Å²) in [5.74, 6) is 0. The van der Waals surface area contributed by atoms with Gasteiger partial charge in [-0.1, -0.05) is 17.7 Å². The van der Waals surface area contributed by atoms with E-state index in [9.17, 15) is 5.11 Å². The van der Waals surface area contributed by atoms with E-state index in [1.165, 1.54) is 5.57 Å². The van der Waals surface area contributed by atoms with Crippen LogP contribution >= 0.6 is 0 Å². The first-order valence-corrected chi connectivity index (χ1v) is 4.62. The fraction of sp³-hybridized carbons (Fsp3) is 0.545. The summed E-state index contributed by atoms with van der Waals surface area (Å²) in [7, 11) is 0. The molecule has 0 aromatic heterocycles. The monoisotopic (exact) mass is 216 g/mol. The minimum Gasteiger partial charge on any atom is -0.450 e. The molecular weight excluding hydrogens is 196 g/mol.